The molecule has 3 unspecified atom stereocenters. The third kappa shape index (κ3) is 12.9. The first-order valence-corrected chi connectivity index (χ1v) is 14.8. The van der Waals surface area contributed by atoms with E-state index in [1.165, 1.54) is 0 Å². The van der Waals surface area contributed by atoms with E-state index in [0.29, 0.717) is 18.9 Å². The quantitative estimate of drug-likeness (QED) is 0.234. The average molecular weight is 546 g/mol. The molecular weight excluding hydrogens is 490 g/mol. The molecule has 1 aromatic carbocycles. The number of benzene rings is 1. The molecule has 0 radical (unpaired) electrons. The Labute approximate surface area is 237 Å². The Kier molecular flexibility index (Phi) is 14.6. The first-order valence-electron chi connectivity index (χ1n) is 14.8. The monoisotopic (exact) mass is 545 g/mol. The lowest BCUT2D eigenvalue weighted by atomic mass is 9.95. The number of nitrogens with zero attached hydrogens (tertiary/aromatic N) is 1. The third-order valence-corrected chi connectivity index (χ3v) is 6.59. The summed E-state index contributed by atoms with van der Waals surface area (Å²) in [6.07, 6.45) is 4.43. The Morgan fingerprint density at radius 3 is 2.05 bits per heavy atom. The van der Waals surface area contributed by atoms with Crippen molar-refractivity contribution in [3.63, 3.8) is 0 Å². The largest absolute Gasteiger partial charge is 0.444 e. The maximum Gasteiger partial charge on any atom is 0.408 e. The predicted octanol–water partition coefficient (Wildman–Crippen LogP) is 6.94. The molecule has 7 heteroatoms. The number of carbonyl (C=O) groups is 3. The number of rotatable bonds is 15. The second-order valence-corrected chi connectivity index (χ2v) is 12.7. The van der Waals surface area contributed by atoms with Gasteiger partial charge in [0.05, 0.1) is 0 Å². The highest BCUT2D eigenvalue weighted by atomic mass is 16.6. The number of amides is 3. The van der Waals surface area contributed by atoms with Crippen molar-refractivity contribution in [3.05, 3.63) is 35.4 Å². The molecule has 0 saturated heterocycles. The van der Waals surface area contributed by atoms with Gasteiger partial charge in [-0.1, -0.05) is 77.3 Å². The summed E-state index contributed by atoms with van der Waals surface area (Å²) >= 11 is 0. The van der Waals surface area contributed by atoms with Crippen LogP contribution in [0.3, 0.4) is 0 Å². The van der Waals surface area contributed by atoms with E-state index >= 15 is 0 Å². The number of unbranched alkanes of at least 4 members (excludes halogenated alkanes) is 2. The zero-order chi connectivity index (χ0) is 29.8. The van der Waals surface area contributed by atoms with Crippen molar-refractivity contribution >= 4 is 17.9 Å². The van der Waals surface area contributed by atoms with Gasteiger partial charge in [0.2, 0.25) is 11.8 Å². The molecule has 0 spiro atoms. The summed E-state index contributed by atoms with van der Waals surface area (Å²) < 4.78 is 5.50. The van der Waals surface area contributed by atoms with E-state index in [2.05, 4.69) is 31.4 Å². The number of hydrogen-bond donors (Lipinski definition) is 2. The van der Waals surface area contributed by atoms with Crippen LogP contribution in [0.15, 0.2) is 24.3 Å². The number of carbonyl (C=O) groups excluding carboxylic acids is 3. The first-order chi connectivity index (χ1) is 18.2. The maximum absolute atomic E-state index is 14.4. The number of alkyl carbamates (subject to hydrolysis) is 1. The van der Waals surface area contributed by atoms with Gasteiger partial charge < -0.3 is 20.3 Å². The van der Waals surface area contributed by atoms with Gasteiger partial charge in [0, 0.05) is 12.6 Å². The summed E-state index contributed by atoms with van der Waals surface area (Å²) in [5.74, 6) is 0.138. The van der Waals surface area contributed by atoms with Gasteiger partial charge in [-0.25, -0.2) is 4.79 Å². The molecule has 7 nitrogen and oxygen atoms in total. The highest BCUT2D eigenvalue weighted by Crippen LogP contribution is 2.29. The number of nitrogens with one attached hydrogen (secondary N) is 2. The Morgan fingerprint density at radius 1 is 0.923 bits per heavy atom. The second kappa shape index (κ2) is 16.5. The standard InChI is InChI=1S/C32H55N3O4/c1-11-12-13-20-33-29(36)28(26-18-15-24(6)16-19-26)35(25(7)17-14-22(2)3)30(37)27(21-23(4)5)34-31(38)39-32(8,9)10/h15-16,18-19,22-23,25,27-28H,11-14,17,20-21H2,1-10H3,(H,33,36)(H,34,38). The minimum atomic E-state index is -0.817. The molecule has 0 saturated carbocycles. The van der Waals surface area contributed by atoms with Crippen LogP contribution in [0, 0.1) is 18.8 Å². The minimum absolute atomic E-state index is 0.141. The molecule has 0 bridgehead atoms. The van der Waals surface area contributed by atoms with Crippen LogP contribution in [0.1, 0.15) is 118 Å². The Hall–Kier alpha value is -2.57. The fraction of sp³-hybridized carbons (Fsp3) is 0.719. The van der Waals surface area contributed by atoms with Crippen LogP contribution in [0.25, 0.3) is 0 Å². The number of hydrogen-bond acceptors (Lipinski definition) is 4. The van der Waals surface area contributed by atoms with Gasteiger partial charge in [0.15, 0.2) is 0 Å². The van der Waals surface area contributed by atoms with Gasteiger partial charge in [-0.3, -0.25) is 9.59 Å². The lowest BCUT2D eigenvalue weighted by Crippen LogP contribution is -2.56. The molecule has 3 atom stereocenters. The van der Waals surface area contributed by atoms with Crippen molar-refractivity contribution in [2.24, 2.45) is 11.8 Å². The predicted molar refractivity (Wildman–Crippen MR) is 159 cm³/mol. The molecule has 0 heterocycles. The summed E-state index contributed by atoms with van der Waals surface area (Å²) in [5.41, 5.74) is 1.15. The van der Waals surface area contributed by atoms with Crippen LogP contribution in [0.5, 0.6) is 0 Å². The van der Waals surface area contributed by atoms with Crippen molar-refractivity contribution in [1.29, 1.82) is 0 Å². The summed E-state index contributed by atoms with van der Waals surface area (Å²) in [5, 5.41) is 5.93. The third-order valence-electron chi connectivity index (χ3n) is 6.59. The van der Waals surface area contributed by atoms with Gasteiger partial charge in [0.1, 0.15) is 17.7 Å². The van der Waals surface area contributed by atoms with Crippen LogP contribution in [0.2, 0.25) is 0 Å². The fourth-order valence-electron chi connectivity index (χ4n) is 4.51. The topological polar surface area (TPSA) is 87.7 Å². The number of ether oxygens (including phenoxy) is 1. The van der Waals surface area contributed by atoms with E-state index in [9.17, 15) is 14.4 Å². The van der Waals surface area contributed by atoms with E-state index in [0.717, 1.165) is 43.2 Å². The van der Waals surface area contributed by atoms with Crippen LogP contribution in [-0.2, 0) is 14.3 Å². The van der Waals surface area contributed by atoms with Crippen molar-refractivity contribution in [2.75, 3.05) is 6.54 Å². The molecule has 222 valence electrons. The van der Waals surface area contributed by atoms with Gasteiger partial charge in [-0.05, 0) is 77.7 Å². The summed E-state index contributed by atoms with van der Waals surface area (Å²) in [6, 6.07) is 5.96. The molecule has 0 aliphatic rings. The first kappa shape index (κ1) is 34.5. The fourth-order valence-corrected chi connectivity index (χ4v) is 4.51. The zero-order valence-electron chi connectivity index (χ0n) is 26.2. The van der Waals surface area contributed by atoms with E-state index in [4.69, 9.17) is 4.74 Å². The highest BCUT2D eigenvalue weighted by molar-refractivity contribution is 5.92. The molecule has 0 aliphatic heterocycles. The van der Waals surface area contributed by atoms with Crippen LogP contribution in [-0.4, -0.2) is 47.0 Å². The summed E-state index contributed by atoms with van der Waals surface area (Å²) in [7, 11) is 0. The smallest absolute Gasteiger partial charge is 0.408 e. The van der Waals surface area contributed by atoms with E-state index < -0.39 is 23.8 Å². The molecule has 1 rings (SSSR count). The lowest BCUT2D eigenvalue weighted by Gasteiger charge is -2.39. The van der Waals surface area contributed by atoms with Crippen molar-refractivity contribution < 1.29 is 19.1 Å². The van der Waals surface area contributed by atoms with Gasteiger partial charge in [-0.15, -0.1) is 0 Å². The number of aryl methyl sites for hydroxylation is 1. The lowest BCUT2D eigenvalue weighted by molar-refractivity contribution is -0.145. The van der Waals surface area contributed by atoms with Crippen molar-refractivity contribution in [3.8, 4) is 0 Å². The van der Waals surface area contributed by atoms with Crippen LogP contribution < -0.4 is 10.6 Å². The second-order valence-electron chi connectivity index (χ2n) is 12.7. The van der Waals surface area contributed by atoms with Gasteiger partial charge >= 0.3 is 6.09 Å². The molecular formula is C32H55N3O4. The van der Waals surface area contributed by atoms with Crippen molar-refractivity contribution in [1.82, 2.24) is 15.5 Å². The molecule has 0 aliphatic carbocycles. The van der Waals surface area contributed by atoms with E-state index in [-0.39, 0.29) is 23.8 Å². The summed E-state index contributed by atoms with van der Waals surface area (Å²) in [4.78, 5) is 42.7. The molecule has 2 N–H and O–H groups in total. The molecule has 3 amide bonds. The van der Waals surface area contributed by atoms with Crippen molar-refractivity contribution in [2.45, 2.75) is 131 Å². The Bertz CT molecular complexity index is 890. The maximum atomic E-state index is 14.4. The highest BCUT2D eigenvalue weighted by Gasteiger charge is 2.39. The van der Waals surface area contributed by atoms with Gasteiger partial charge in [0.25, 0.3) is 0 Å². The van der Waals surface area contributed by atoms with Gasteiger partial charge in [-0.2, -0.15) is 0 Å². The van der Waals surface area contributed by atoms with Crippen LogP contribution >= 0.6 is 0 Å². The molecule has 1 aromatic rings. The molecule has 0 aromatic heterocycles. The molecule has 39 heavy (non-hydrogen) atoms. The average Bonchev–Trinajstić information content (AvgIpc) is 2.82. The summed E-state index contributed by atoms with van der Waals surface area (Å²) in [6.45, 7) is 20.4. The Morgan fingerprint density at radius 2 is 1.54 bits per heavy atom. The SMILES string of the molecule is CCCCCNC(=O)C(c1ccc(C)cc1)N(C(=O)C(CC(C)C)NC(=O)OC(C)(C)C)C(C)CCC(C)C. The van der Waals surface area contributed by atoms with E-state index in [1.54, 1.807) is 25.7 Å². The van der Waals surface area contributed by atoms with E-state index in [1.807, 2.05) is 52.0 Å². The normalized spacial score (nSPS) is 14.1. The van der Waals surface area contributed by atoms with Crippen LogP contribution in [0.4, 0.5) is 4.79 Å². The molecule has 0 fully saturated rings. The minimum Gasteiger partial charge on any atom is -0.444 e. The Balaban J connectivity index is 3.54. The zero-order valence-corrected chi connectivity index (χ0v) is 26.2.